The second-order valence-electron chi connectivity index (χ2n) is 6.15. The van der Waals surface area contributed by atoms with E-state index in [1.165, 1.54) is 6.07 Å². The first-order valence-corrected chi connectivity index (χ1v) is 8.55. The summed E-state index contributed by atoms with van der Waals surface area (Å²) in [5.74, 6) is 0.564. The number of hydrogen-bond acceptors (Lipinski definition) is 3. The third-order valence-corrected chi connectivity index (χ3v) is 4.31. The summed E-state index contributed by atoms with van der Waals surface area (Å²) < 4.78 is 38.5. The molecular formula is C22H21F2NO2. The first-order chi connectivity index (χ1) is 13.1. The molecule has 0 unspecified atom stereocenters. The van der Waals surface area contributed by atoms with Gasteiger partial charge in [-0.2, -0.15) is 0 Å². The highest BCUT2D eigenvalue weighted by Gasteiger charge is 2.14. The topological polar surface area (TPSA) is 21.7 Å². The number of anilines is 1. The monoisotopic (exact) mass is 369 g/mol. The van der Waals surface area contributed by atoms with E-state index in [0.29, 0.717) is 13.1 Å². The number of benzene rings is 3. The fourth-order valence-corrected chi connectivity index (χ4v) is 2.86. The van der Waals surface area contributed by atoms with Crippen molar-refractivity contribution in [1.29, 1.82) is 0 Å². The first kappa shape index (κ1) is 18.7. The van der Waals surface area contributed by atoms with Crippen LogP contribution in [0.1, 0.15) is 11.1 Å². The molecule has 140 valence electrons. The molecule has 0 bridgehead atoms. The predicted octanol–water partition coefficient (Wildman–Crippen LogP) is 5.19. The lowest BCUT2D eigenvalue weighted by molar-refractivity contribution is 0.414. The summed E-state index contributed by atoms with van der Waals surface area (Å²) in [7, 11) is 3.21. The zero-order valence-corrected chi connectivity index (χ0v) is 15.3. The summed E-state index contributed by atoms with van der Waals surface area (Å²) >= 11 is 0. The van der Waals surface area contributed by atoms with Crippen LogP contribution in [0.5, 0.6) is 11.5 Å². The van der Waals surface area contributed by atoms with Crippen LogP contribution in [0.25, 0.3) is 0 Å². The molecule has 5 heteroatoms. The maximum Gasteiger partial charge on any atom is 0.146 e. The Balaban J connectivity index is 1.90. The highest BCUT2D eigenvalue weighted by molar-refractivity contribution is 5.49. The maximum absolute atomic E-state index is 14.4. The minimum absolute atomic E-state index is 0.224. The highest BCUT2D eigenvalue weighted by atomic mass is 19.1. The number of ether oxygens (including phenoxy) is 2. The number of nitrogens with zero attached hydrogens (tertiary/aromatic N) is 1. The Kier molecular flexibility index (Phi) is 5.91. The van der Waals surface area contributed by atoms with E-state index in [4.69, 9.17) is 9.47 Å². The lowest BCUT2D eigenvalue weighted by Crippen LogP contribution is -2.23. The van der Waals surface area contributed by atoms with Gasteiger partial charge in [0.2, 0.25) is 0 Å². The molecule has 27 heavy (non-hydrogen) atoms. The van der Waals surface area contributed by atoms with Crippen molar-refractivity contribution in [3.63, 3.8) is 0 Å². The van der Waals surface area contributed by atoms with Gasteiger partial charge in [-0.05, 0) is 47.5 Å². The summed E-state index contributed by atoms with van der Waals surface area (Å²) in [5, 5.41) is 0. The van der Waals surface area contributed by atoms with Gasteiger partial charge in [-0.1, -0.05) is 24.3 Å². The summed E-state index contributed by atoms with van der Waals surface area (Å²) in [4.78, 5) is 1.81. The van der Waals surface area contributed by atoms with Crippen LogP contribution in [0, 0.1) is 11.6 Å². The average molecular weight is 369 g/mol. The summed E-state index contributed by atoms with van der Waals surface area (Å²) in [5.41, 5.74) is 2.16. The minimum Gasteiger partial charge on any atom is -0.497 e. The lowest BCUT2D eigenvalue weighted by Gasteiger charge is -2.26. The molecule has 0 aromatic heterocycles. The Hall–Kier alpha value is -3.08. The summed E-state index contributed by atoms with van der Waals surface area (Å²) in [6.45, 7) is 0.854. The molecule has 3 aromatic carbocycles. The van der Waals surface area contributed by atoms with Gasteiger partial charge in [-0.3, -0.25) is 0 Å². The van der Waals surface area contributed by atoms with Crippen molar-refractivity contribution < 1.29 is 18.3 Å². The van der Waals surface area contributed by atoms with Gasteiger partial charge in [0.05, 0.1) is 19.9 Å². The van der Waals surface area contributed by atoms with Gasteiger partial charge in [-0.15, -0.1) is 0 Å². The van der Waals surface area contributed by atoms with Crippen molar-refractivity contribution in [3.8, 4) is 11.5 Å². The molecule has 0 aliphatic rings. The smallest absolute Gasteiger partial charge is 0.146 e. The Labute approximate surface area is 157 Å². The van der Waals surface area contributed by atoms with Gasteiger partial charge in [0, 0.05) is 19.2 Å². The molecule has 0 aliphatic carbocycles. The molecule has 0 atom stereocenters. The van der Waals surface area contributed by atoms with Crippen LogP contribution in [-0.4, -0.2) is 14.2 Å². The third kappa shape index (κ3) is 4.76. The average Bonchev–Trinajstić information content (AvgIpc) is 2.70. The van der Waals surface area contributed by atoms with E-state index >= 15 is 0 Å². The molecule has 0 radical (unpaired) electrons. The molecule has 3 aromatic rings. The second kappa shape index (κ2) is 8.54. The van der Waals surface area contributed by atoms with Gasteiger partial charge < -0.3 is 14.4 Å². The zero-order valence-electron chi connectivity index (χ0n) is 15.3. The second-order valence-corrected chi connectivity index (χ2v) is 6.15. The lowest BCUT2D eigenvalue weighted by atomic mass is 10.1. The van der Waals surface area contributed by atoms with E-state index in [9.17, 15) is 8.78 Å². The Morgan fingerprint density at radius 3 is 1.63 bits per heavy atom. The molecule has 0 amide bonds. The Morgan fingerprint density at radius 2 is 1.19 bits per heavy atom. The quantitative estimate of drug-likeness (QED) is 0.572. The minimum atomic E-state index is -0.471. The molecule has 3 rings (SSSR count). The van der Waals surface area contributed by atoms with E-state index in [1.54, 1.807) is 14.2 Å². The van der Waals surface area contributed by atoms with Gasteiger partial charge in [0.25, 0.3) is 0 Å². The Morgan fingerprint density at radius 1 is 0.704 bits per heavy atom. The van der Waals surface area contributed by atoms with Crippen molar-refractivity contribution >= 4 is 5.69 Å². The number of hydrogen-bond donors (Lipinski definition) is 0. The van der Waals surface area contributed by atoms with Crippen molar-refractivity contribution in [2.45, 2.75) is 13.1 Å². The van der Waals surface area contributed by atoms with E-state index in [2.05, 4.69) is 0 Å². The molecule has 0 saturated heterocycles. The normalized spacial score (nSPS) is 10.5. The van der Waals surface area contributed by atoms with Gasteiger partial charge in [0.1, 0.15) is 23.1 Å². The molecule has 0 aliphatic heterocycles. The van der Waals surface area contributed by atoms with Crippen LogP contribution >= 0.6 is 0 Å². The van der Waals surface area contributed by atoms with Crippen LogP contribution in [-0.2, 0) is 13.1 Å². The van der Waals surface area contributed by atoms with E-state index in [1.807, 2.05) is 53.4 Å². The van der Waals surface area contributed by atoms with Crippen molar-refractivity contribution in [2.75, 3.05) is 19.1 Å². The molecule has 0 N–H and O–H groups in total. The van der Waals surface area contributed by atoms with Gasteiger partial charge >= 0.3 is 0 Å². The molecule has 0 spiro atoms. The summed E-state index contributed by atoms with van der Waals surface area (Å²) in [6, 6.07) is 18.6. The first-order valence-electron chi connectivity index (χ1n) is 8.55. The largest absolute Gasteiger partial charge is 0.497 e. The molecule has 0 saturated carbocycles. The highest BCUT2D eigenvalue weighted by Crippen LogP contribution is 2.26. The van der Waals surface area contributed by atoms with Crippen LogP contribution in [0.2, 0.25) is 0 Å². The standard InChI is InChI=1S/C22H21F2NO2/c1-26-19-8-3-16(4-9-19)14-25(22-13-18(23)7-12-21(22)24)15-17-5-10-20(27-2)11-6-17/h3-13H,14-15H2,1-2H3. The molecular weight excluding hydrogens is 348 g/mol. The van der Waals surface area contributed by atoms with E-state index < -0.39 is 11.6 Å². The van der Waals surface area contributed by atoms with Crippen LogP contribution in [0.4, 0.5) is 14.5 Å². The number of halogens is 2. The van der Waals surface area contributed by atoms with Gasteiger partial charge in [-0.25, -0.2) is 8.78 Å². The van der Waals surface area contributed by atoms with Crippen molar-refractivity contribution in [1.82, 2.24) is 0 Å². The van der Waals surface area contributed by atoms with E-state index in [0.717, 1.165) is 34.8 Å². The summed E-state index contributed by atoms with van der Waals surface area (Å²) in [6.07, 6.45) is 0. The predicted molar refractivity (Wildman–Crippen MR) is 102 cm³/mol. The molecule has 3 nitrogen and oxygen atoms in total. The fourth-order valence-electron chi connectivity index (χ4n) is 2.86. The number of methoxy groups -OCH3 is 2. The SMILES string of the molecule is COc1ccc(CN(Cc2ccc(OC)cc2)c2cc(F)ccc2F)cc1. The van der Waals surface area contributed by atoms with Crippen LogP contribution in [0.3, 0.4) is 0 Å². The van der Waals surface area contributed by atoms with Gasteiger partial charge in [0.15, 0.2) is 0 Å². The molecule has 0 fully saturated rings. The van der Waals surface area contributed by atoms with Crippen LogP contribution in [0.15, 0.2) is 66.7 Å². The van der Waals surface area contributed by atoms with Crippen molar-refractivity contribution in [2.24, 2.45) is 0 Å². The number of rotatable bonds is 7. The zero-order chi connectivity index (χ0) is 19.2. The Bertz CT molecular complexity index is 830. The van der Waals surface area contributed by atoms with Crippen LogP contribution < -0.4 is 14.4 Å². The molecule has 0 heterocycles. The third-order valence-electron chi connectivity index (χ3n) is 4.31. The fraction of sp³-hybridized carbons (Fsp3) is 0.182. The van der Waals surface area contributed by atoms with E-state index in [-0.39, 0.29) is 5.69 Å². The van der Waals surface area contributed by atoms with Crippen molar-refractivity contribution in [3.05, 3.63) is 89.5 Å². The maximum atomic E-state index is 14.4.